The number of hydrogen-bond acceptors (Lipinski definition) is 4. The number of rotatable bonds is 27. The van der Waals surface area contributed by atoms with Gasteiger partial charge in [-0.05, 0) is 170 Å². The summed E-state index contributed by atoms with van der Waals surface area (Å²) < 4.78 is 0. The number of benzene rings is 8. The minimum absolute atomic E-state index is 0.0910. The van der Waals surface area contributed by atoms with Crippen molar-refractivity contribution in [2.75, 3.05) is 9.80 Å². The van der Waals surface area contributed by atoms with Crippen LogP contribution in [0.4, 0.5) is 11.4 Å². The highest BCUT2D eigenvalue weighted by molar-refractivity contribution is 7.80. The normalized spacial score (nSPS) is 21.4. The summed E-state index contributed by atoms with van der Waals surface area (Å²) in [4.78, 5) is 64.9. The number of unbranched alkanes of at least 4 members (excludes halogenated alkanes) is 10. The van der Waals surface area contributed by atoms with E-state index in [4.69, 9.17) is 0 Å². The first-order valence-corrected chi connectivity index (χ1v) is 35.4. The van der Waals surface area contributed by atoms with Crippen LogP contribution in [-0.4, -0.2) is 23.6 Å². The van der Waals surface area contributed by atoms with E-state index in [9.17, 15) is 0 Å². The lowest BCUT2D eigenvalue weighted by Crippen LogP contribution is -2.34. The number of carbonyl (C=O) groups is 4. The highest BCUT2D eigenvalue weighted by Crippen LogP contribution is 2.54. The third-order valence-electron chi connectivity index (χ3n) is 19.5. The standard InChI is InChI=1S/C82H82N2O4P2/c1-5-9-11-13-15-17-19-25-37-59-55-57(7-3)73-75(59)81(87)83(79(73)85)69-49-35-47-67-65(69)51-53-71(89(61-39-27-21-28-40-61)62-41-29-22-30-42-62)77(67)78-68-48-36-50-70(66(68)52-54-72(78)90(63-43-31-23-32-44-63)64-45-33-24-34-46-64)84-80(86)74-58(8-4)56-60(76(74)82(84)88)38-26-20-18-16-14-12-10-6-2/h5-8,21-54,57-60,73-76H,1-4,9-20,55-56H2/b37-25+,38-26+. The van der Waals surface area contributed by atoms with Crippen molar-refractivity contribution in [2.45, 2.75) is 89.9 Å². The van der Waals surface area contributed by atoms with Gasteiger partial charge in [0.15, 0.2) is 0 Å². The van der Waals surface area contributed by atoms with Gasteiger partial charge in [-0.2, -0.15) is 0 Å². The second kappa shape index (κ2) is 28.8. The maximum atomic E-state index is 15.5. The quantitative estimate of drug-likeness (QED) is 0.0223. The Morgan fingerprint density at radius 3 is 0.989 bits per heavy atom. The zero-order valence-corrected chi connectivity index (χ0v) is 53.5. The number of carbonyl (C=O) groups excluding carboxylic acids is 4. The summed E-state index contributed by atoms with van der Waals surface area (Å²) in [5.41, 5.74) is 3.09. The predicted octanol–water partition coefficient (Wildman–Crippen LogP) is 17.2. The molecule has 0 spiro atoms. The minimum atomic E-state index is -1.29. The van der Waals surface area contributed by atoms with Gasteiger partial charge in [-0.3, -0.25) is 19.2 Å². The SMILES string of the molecule is C=CCCCCCC/C=C/C1CC(C=C)C2C(=O)N(c3cccc4c(-c5c(P(c6ccccc6)c6ccccc6)ccc6c(N7C(=O)C8C(C=C)CC(/C=C/CCCCCCC=C)C8C7=O)cccc56)c(P(c5ccccc5)c5ccccc5)ccc34)C(=O)C12. The van der Waals surface area contributed by atoms with Gasteiger partial charge in [0.2, 0.25) is 23.6 Å². The van der Waals surface area contributed by atoms with Crippen LogP contribution in [0.1, 0.15) is 89.9 Å². The van der Waals surface area contributed by atoms with Gasteiger partial charge in [0.25, 0.3) is 0 Å². The van der Waals surface area contributed by atoms with Gasteiger partial charge in [0.1, 0.15) is 0 Å². The molecule has 4 fully saturated rings. The van der Waals surface area contributed by atoms with Gasteiger partial charge >= 0.3 is 0 Å². The van der Waals surface area contributed by atoms with Gasteiger partial charge in [-0.15, -0.1) is 26.3 Å². The van der Waals surface area contributed by atoms with Crippen molar-refractivity contribution in [3.63, 3.8) is 0 Å². The van der Waals surface area contributed by atoms with Crippen LogP contribution in [0.25, 0.3) is 32.7 Å². The third-order valence-corrected chi connectivity index (χ3v) is 24.4. The summed E-state index contributed by atoms with van der Waals surface area (Å²) in [5.74, 6) is -3.18. The van der Waals surface area contributed by atoms with Crippen molar-refractivity contribution in [1.29, 1.82) is 0 Å². The van der Waals surface area contributed by atoms with Crippen molar-refractivity contribution in [3.05, 3.63) is 257 Å². The summed E-state index contributed by atoms with van der Waals surface area (Å²) in [6.07, 6.45) is 31.1. The molecule has 2 saturated heterocycles. The van der Waals surface area contributed by atoms with Gasteiger partial charge in [0, 0.05) is 10.8 Å². The van der Waals surface area contributed by atoms with Crippen LogP contribution in [0.15, 0.2) is 257 Å². The Kier molecular flexibility index (Phi) is 19.8. The maximum absolute atomic E-state index is 15.5. The molecule has 0 aromatic heterocycles. The Morgan fingerprint density at radius 1 is 0.344 bits per heavy atom. The Hall–Kier alpha value is -8.14. The van der Waals surface area contributed by atoms with E-state index in [1.165, 1.54) is 22.6 Å². The number of amides is 4. The molecular formula is C82H82N2O4P2. The van der Waals surface area contributed by atoms with E-state index in [0.29, 0.717) is 24.2 Å². The Morgan fingerprint density at radius 2 is 0.667 bits per heavy atom. The molecule has 8 aromatic carbocycles. The number of hydrogen-bond donors (Lipinski definition) is 0. The van der Waals surface area contributed by atoms with Crippen molar-refractivity contribution in [3.8, 4) is 11.1 Å². The Bertz CT molecular complexity index is 3670. The molecule has 8 heteroatoms. The lowest BCUT2D eigenvalue weighted by molar-refractivity contribution is -0.124. The van der Waals surface area contributed by atoms with E-state index in [1.807, 2.05) is 48.6 Å². The molecule has 4 aliphatic rings. The fraction of sp³-hybridized carbons (Fsp3) is 0.268. The van der Waals surface area contributed by atoms with E-state index in [1.54, 1.807) is 0 Å². The summed E-state index contributed by atoms with van der Waals surface area (Å²) in [6.45, 7) is 16.2. The van der Waals surface area contributed by atoms with E-state index in [2.05, 4.69) is 208 Å². The maximum Gasteiger partial charge on any atom is 0.238 e. The van der Waals surface area contributed by atoms with Gasteiger partial charge in [0.05, 0.1) is 35.0 Å². The van der Waals surface area contributed by atoms with Crippen LogP contribution in [-0.2, 0) is 19.2 Å². The lowest BCUT2D eigenvalue weighted by Gasteiger charge is -2.30. The molecule has 8 atom stereocenters. The fourth-order valence-corrected chi connectivity index (χ4v) is 20.2. The smallest absolute Gasteiger partial charge is 0.238 e. The van der Waals surface area contributed by atoms with Crippen molar-refractivity contribution < 1.29 is 19.2 Å². The highest BCUT2D eigenvalue weighted by Gasteiger charge is 2.59. The molecule has 454 valence electrons. The van der Waals surface area contributed by atoms with Crippen LogP contribution in [0.3, 0.4) is 0 Å². The average Bonchev–Trinajstić information content (AvgIpc) is 1.27. The van der Waals surface area contributed by atoms with E-state index >= 15 is 19.2 Å². The van der Waals surface area contributed by atoms with Crippen LogP contribution >= 0.6 is 15.8 Å². The van der Waals surface area contributed by atoms with Crippen LogP contribution in [0.5, 0.6) is 0 Å². The second-order valence-corrected chi connectivity index (χ2v) is 29.2. The zero-order chi connectivity index (χ0) is 62.1. The summed E-state index contributed by atoms with van der Waals surface area (Å²) in [6, 6.07) is 64.1. The van der Waals surface area contributed by atoms with Gasteiger partial charge < -0.3 is 0 Å². The first kappa shape index (κ1) is 62.1. The molecule has 2 saturated carbocycles. The molecule has 2 heterocycles. The zero-order valence-electron chi connectivity index (χ0n) is 51.7. The van der Waals surface area contributed by atoms with E-state index in [0.717, 1.165) is 129 Å². The first-order chi connectivity index (χ1) is 44.3. The lowest BCUT2D eigenvalue weighted by atomic mass is 9.89. The van der Waals surface area contributed by atoms with Crippen LogP contribution in [0.2, 0.25) is 0 Å². The third kappa shape index (κ3) is 12.2. The minimum Gasteiger partial charge on any atom is -0.274 e. The van der Waals surface area contributed by atoms with Gasteiger partial charge in [-0.1, -0.05) is 244 Å². The molecular weight excluding hydrogens is 1140 g/mol. The number of fused-ring (bicyclic) bond motifs is 4. The molecule has 8 unspecified atom stereocenters. The summed E-state index contributed by atoms with van der Waals surface area (Å²) >= 11 is 0. The van der Waals surface area contributed by atoms with Gasteiger partial charge in [-0.25, -0.2) is 9.80 Å². The fourth-order valence-electron chi connectivity index (χ4n) is 15.3. The first-order valence-electron chi connectivity index (χ1n) is 32.8. The molecule has 8 aromatic rings. The average molecular weight is 1220 g/mol. The molecule has 0 radical (unpaired) electrons. The molecule has 90 heavy (non-hydrogen) atoms. The second-order valence-electron chi connectivity index (χ2n) is 24.8. The predicted molar refractivity (Wildman–Crippen MR) is 381 cm³/mol. The molecule has 12 rings (SSSR count). The highest BCUT2D eigenvalue weighted by atomic mass is 31.1. The summed E-state index contributed by atoms with van der Waals surface area (Å²) in [5, 5.41) is 10.2. The van der Waals surface area contributed by atoms with E-state index in [-0.39, 0.29) is 47.3 Å². The van der Waals surface area contributed by atoms with Crippen molar-refractivity contribution in [1.82, 2.24) is 0 Å². The number of anilines is 2. The molecule has 0 N–H and O–H groups in total. The number of imide groups is 2. The Balaban J connectivity index is 1.06. The number of allylic oxidation sites excluding steroid dienone is 8. The Labute approximate surface area is 535 Å². The number of nitrogens with zero attached hydrogens (tertiary/aromatic N) is 2. The topological polar surface area (TPSA) is 74.8 Å². The van der Waals surface area contributed by atoms with E-state index < -0.39 is 39.5 Å². The molecule has 6 nitrogen and oxygen atoms in total. The molecule has 2 aliphatic heterocycles. The molecule has 4 amide bonds. The monoisotopic (exact) mass is 1220 g/mol. The summed E-state index contributed by atoms with van der Waals surface area (Å²) in [7, 11) is -2.59. The molecule has 0 bridgehead atoms. The van der Waals surface area contributed by atoms with Crippen LogP contribution in [0, 0.1) is 47.3 Å². The van der Waals surface area contributed by atoms with Crippen LogP contribution < -0.4 is 41.6 Å². The van der Waals surface area contributed by atoms with Crippen molar-refractivity contribution >= 4 is 104 Å². The molecule has 2 aliphatic carbocycles. The van der Waals surface area contributed by atoms with Crippen molar-refractivity contribution in [2.24, 2.45) is 47.3 Å². The largest absolute Gasteiger partial charge is 0.274 e.